The highest BCUT2D eigenvalue weighted by molar-refractivity contribution is 5.79. The van der Waals surface area contributed by atoms with Crippen molar-refractivity contribution in [3.63, 3.8) is 0 Å². The maximum absolute atomic E-state index is 11.7. The van der Waals surface area contributed by atoms with Crippen LogP contribution in [0.3, 0.4) is 0 Å². The Morgan fingerprint density at radius 3 is 3.14 bits per heavy atom. The van der Waals surface area contributed by atoms with E-state index in [0.717, 1.165) is 32.4 Å². The maximum Gasteiger partial charge on any atom is 0.224 e. The number of amides is 1. The lowest BCUT2D eigenvalue weighted by Gasteiger charge is -2.23. The van der Waals surface area contributed by atoms with Crippen molar-refractivity contribution in [3.05, 3.63) is 12.7 Å². The van der Waals surface area contributed by atoms with Gasteiger partial charge in [-0.2, -0.15) is 0 Å². The summed E-state index contributed by atoms with van der Waals surface area (Å²) in [6.45, 7) is 7.54. The molecule has 2 atom stereocenters. The number of hydrogen-bond acceptors (Lipinski definition) is 2. The first-order valence-corrected chi connectivity index (χ1v) is 5.36. The van der Waals surface area contributed by atoms with Gasteiger partial charge in [-0.25, -0.2) is 0 Å². The zero-order valence-electron chi connectivity index (χ0n) is 8.88. The molecule has 0 aliphatic carbocycles. The normalized spacial score (nSPS) is 23.9. The van der Waals surface area contributed by atoms with Gasteiger partial charge in [-0.15, -0.1) is 6.58 Å². The molecular formula is C11H20N2O. The third-order valence-electron chi connectivity index (χ3n) is 2.58. The van der Waals surface area contributed by atoms with Crippen molar-refractivity contribution in [1.82, 2.24) is 10.6 Å². The molecule has 1 aliphatic heterocycles. The van der Waals surface area contributed by atoms with E-state index in [1.807, 2.05) is 13.0 Å². The van der Waals surface area contributed by atoms with Crippen LogP contribution < -0.4 is 10.6 Å². The molecule has 14 heavy (non-hydrogen) atoms. The fourth-order valence-corrected chi connectivity index (χ4v) is 1.75. The highest BCUT2D eigenvalue weighted by Gasteiger charge is 2.21. The summed E-state index contributed by atoms with van der Waals surface area (Å²) in [7, 11) is 0. The lowest BCUT2D eigenvalue weighted by molar-refractivity contribution is -0.126. The van der Waals surface area contributed by atoms with Crippen molar-refractivity contribution in [1.29, 1.82) is 0 Å². The van der Waals surface area contributed by atoms with E-state index in [2.05, 4.69) is 17.2 Å². The minimum atomic E-state index is 0.163. The molecule has 0 bridgehead atoms. The molecule has 2 N–H and O–H groups in total. The van der Waals surface area contributed by atoms with Gasteiger partial charge < -0.3 is 10.6 Å². The molecule has 1 fully saturated rings. The first-order chi connectivity index (χ1) is 6.74. The highest BCUT2D eigenvalue weighted by Crippen LogP contribution is 2.10. The Labute approximate surface area is 86.0 Å². The molecule has 3 heteroatoms. The Morgan fingerprint density at radius 2 is 2.57 bits per heavy atom. The molecular weight excluding hydrogens is 176 g/mol. The van der Waals surface area contributed by atoms with Gasteiger partial charge in [0.2, 0.25) is 5.91 Å². The van der Waals surface area contributed by atoms with Gasteiger partial charge in [0.05, 0.1) is 5.92 Å². The van der Waals surface area contributed by atoms with E-state index in [-0.39, 0.29) is 17.9 Å². The monoisotopic (exact) mass is 196 g/mol. The Balaban J connectivity index is 2.28. The van der Waals surface area contributed by atoms with Crippen LogP contribution in [0.5, 0.6) is 0 Å². The van der Waals surface area contributed by atoms with Crippen molar-refractivity contribution in [2.75, 3.05) is 13.1 Å². The van der Waals surface area contributed by atoms with Crippen LogP contribution in [0.15, 0.2) is 12.7 Å². The zero-order chi connectivity index (χ0) is 10.4. The van der Waals surface area contributed by atoms with Gasteiger partial charge in [-0.3, -0.25) is 4.79 Å². The van der Waals surface area contributed by atoms with E-state index in [9.17, 15) is 4.79 Å². The van der Waals surface area contributed by atoms with Gasteiger partial charge >= 0.3 is 0 Å². The predicted molar refractivity (Wildman–Crippen MR) is 58.0 cm³/mol. The number of piperidine rings is 1. The smallest absolute Gasteiger partial charge is 0.224 e. The summed E-state index contributed by atoms with van der Waals surface area (Å²) in [5, 5.41) is 6.24. The predicted octanol–water partition coefficient (Wildman–Crippen LogP) is 1.07. The van der Waals surface area contributed by atoms with Crippen molar-refractivity contribution >= 4 is 5.91 Å². The first kappa shape index (κ1) is 11.2. The van der Waals surface area contributed by atoms with E-state index in [1.54, 1.807) is 0 Å². The molecule has 0 radical (unpaired) electrons. The number of carbonyl (C=O) groups is 1. The molecule has 1 heterocycles. The third-order valence-corrected chi connectivity index (χ3v) is 2.58. The average molecular weight is 196 g/mol. The van der Waals surface area contributed by atoms with Crippen LogP contribution >= 0.6 is 0 Å². The summed E-state index contributed by atoms with van der Waals surface area (Å²) < 4.78 is 0. The number of rotatable bonds is 4. The summed E-state index contributed by atoms with van der Waals surface area (Å²) in [5.74, 6) is 0.350. The van der Waals surface area contributed by atoms with Crippen molar-refractivity contribution in [2.24, 2.45) is 5.92 Å². The van der Waals surface area contributed by atoms with E-state index < -0.39 is 0 Å². The SMILES string of the molecule is C=CCC(C)NC(=O)C1CCCNC1. The van der Waals surface area contributed by atoms with Gasteiger partial charge in [-0.1, -0.05) is 6.08 Å². The molecule has 80 valence electrons. The molecule has 0 spiro atoms. The Bertz CT molecular complexity index is 197. The second-order valence-corrected chi connectivity index (χ2v) is 3.98. The minimum absolute atomic E-state index is 0.163. The van der Waals surface area contributed by atoms with Crippen LogP contribution in [0.1, 0.15) is 26.2 Å². The van der Waals surface area contributed by atoms with Gasteiger partial charge in [0, 0.05) is 12.6 Å². The summed E-state index contributed by atoms with van der Waals surface area (Å²) >= 11 is 0. The topological polar surface area (TPSA) is 41.1 Å². The minimum Gasteiger partial charge on any atom is -0.353 e. The molecule has 1 rings (SSSR count). The van der Waals surface area contributed by atoms with E-state index in [0.29, 0.717) is 0 Å². The average Bonchev–Trinajstić information content (AvgIpc) is 2.19. The van der Waals surface area contributed by atoms with Gasteiger partial charge in [-0.05, 0) is 32.7 Å². The van der Waals surface area contributed by atoms with Crippen LogP contribution in [-0.4, -0.2) is 25.0 Å². The Morgan fingerprint density at radius 1 is 1.79 bits per heavy atom. The molecule has 0 aromatic rings. The second kappa shape index (κ2) is 5.81. The van der Waals surface area contributed by atoms with Crippen LogP contribution in [0.4, 0.5) is 0 Å². The maximum atomic E-state index is 11.7. The summed E-state index contributed by atoms with van der Waals surface area (Å²) in [4.78, 5) is 11.7. The van der Waals surface area contributed by atoms with Gasteiger partial charge in [0.25, 0.3) is 0 Å². The third kappa shape index (κ3) is 3.50. The molecule has 1 aliphatic rings. The van der Waals surface area contributed by atoms with E-state index in [1.165, 1.54) is 0 Å². The van der Waals surface area contributed by atoms with E-state index in [4.69, 9.17) is 0 Å². The fraction of sp³-hybridized carbons (Fsp3) is 0.727. The summed E-state index contributed by atoms with van der Waals surface area (Å²) in [6, 6.07) is 0.210. The van der Waals surface area contributed by atoms with Crippen LogP contribution in [0.25, 0.3) is 0 Å². The van der Waals surface area contributed by atoms with Gasteiger partial charge in [0.1, 0.15) is 0 Å². The first-order valence-electron chi connectivity index (χ1n) is 5.36. The van der Waals surface area contributed by atoms with Crippen LogP contribution in [0, 0.1) is 5.92 Å². The molecule has 1 saturated heterocycles. The molecule has 1 amide bonds. The zero-order valence-corrected chi connectivity index (χ0v) is 8.88. The fourth-order valence-electron chi connectivity index (χ4n) is 1.75. The molecule has 0 saturated carbocycles. The standard InChI is InChI=1S/C11H20N2O/c1-3-5-9(2)13-11(14)10-6-4-7-12-8-10/h3,9-10,12H,1,4-8H2,2H3,(H,13,14). The van der Waals surface area contributed by atoms with Crippen LogP contribution in [-0.2, 0) is 4.79 Å². The van der Waals surface area contributed by atoms with Gasteiger partial charge in [0.15, 0.2) is 0 Å². The summed E-state index contributed by atoms with van der Waals surface area (Å²) in [5.41, 5.74) is 0. The quantitative estimate of drug-likeness (QED) is 0.660. The molecule has 3 nitrogen and oxygen atoms in total. The Hall–Kier alpha value is -0.830. The lowest BCUT2D eigenvalue weighted by atomic mass is 9.98. The highest BCUT2D eigenvalue weighted by atomic mass is 16.1. The largest absolute Gasteiger partial charge is 0.353 e. The number of carbonyl (C=O) groups excluding carboxylic acids is 1. The molecule has 0 aromatic heterocycles. The Kier molecular flexibility index (Phi) is 4.66. The van der Waals surface area contributed by atoms with Crippen molar-refractivity contribution in [2.45, 2.75) is 32.2 Å². The van der Waals surface area contributed by atoms with Crippen molar-refractivity contribution in [3.8, 4) is 0 Å². The lowest BCUT2D eigenvalue weighted by Crippen LogP contribution is -2.43. The number of nitrogens with one attached hydrogen (secondary N) is 2. The second-order valence-electron chi connectivity index (χ2n) is 3.98. The van der Waals surface area contributed by atoms with Crippen LogP contribution in [0.2, 0.25) is 0 Å². The van der Waals surface area contributed by atoms with E-state index >= 15 is 0 Å². The number of hydrogen-bond donors (Lipinski definition) is 2. The van der Waals surface area contributed by atoms with Crippen molar-refractivity contribution < 1.29 is 4.79 Å². The molecule has 0 aromatic carbocycles. The molecule has 2 unspecified atom stereocenters. The summed E-state index contributed by atoms with van der Waals surface area (Å²) in [6.07, 6.45) is 4.80.